The minimum atomic E-state index is -4.15. The van der Waals surface area contributed by atoms with E-state index in [1.807, 2.05) is 13.0 Å². The fourth-order valence-corrected chi connectivity index (χ4v) is 2.24. The molecule has 96 valence electrons. The lowest BCUT2D eigenvalue weighted by molar-refractivity contribution is -0.168. The highest BCUT2D eigenvalue weighted by molar-refractivity contribution is 5.61. The van der Waals surface area contributed by atoms with Gasteiger partial charge in [0.1, 0.15) is 6.07 Å². The average Bonchev–Trinajstić information content (AvgIpc) is 2.77. The van der Waals surface area contributed by atoms with Gasteiger partial charge in [-0.15, -0.1) is 0 Å². The van der Waals surface area contributed by atoms with Crippen molar-refractivity contribution in [2.24, 2.45) is 5.92 Å². The predicted octanol–water partition coefficient (Wildman–Crippen LogP) is 3.26. The molecule has 0 bridgehead atoms. The van der Waals surface area contributed by atoms with Crippen LogP contribution in [0.2, 0.25) is 0 Å². The fraction of sp³-hybridized carbons (Fsp3) is 0.462. The summed E-state index contributed by atoms with van der Waals surface area (Å²) in [4.78, 5) is 1.66. The van der Waals surface area contributed by atoms with E-state index in [4.69, 9.17) is 5.26 Å². The molecule has 1 atom stereocenters. The van der Waals surface area contributed by atoms with E-state index in [0.717, 1.165) is 5.56 Å². The maximum atomic E-state index is 12.6. The lowest BCUT2D eigenvalue weighted by Crippen LogP contribution is -2.27. The van der Waals surface area contributed by atoms with Gasteiger partial charge in [0.15, 0.2) is 0 Å². The summed E-state index contributed by atoms with van der Waals surface area (Å²) in [6.45, 7) is 2.16. The van der Waals surface area contributed by atoms with Crippen molar-refractivity contribution in [1.29, 1.82) is 5.26 Å². The Hall–Kier alpha value is -1.70. The summed E-state index contributed by atoms with van der Waals surface area (Å²) in [6, 6.07) is 7.25. The highest BCUT2D eigenvalue weighted by Gasteiger charge is 2.43. The number of hydrogen-bond donors (Lipinski definition) is 0. The van der Waals surface area contributed by atoms with Gasteiger partial charge in [-0.25, -0.2) is 0 Å². The van der Waals surface area contributed by atoms with E-state index in [1.54, 1.807) is 23.1 Å². The topological polar surface area (TPSA) is 27.0 Å². The molecule has 1 aromatic rings. The quantitative estimate of drug-likeness (QED) is 0.769. The number of aryl methyl sites for hydroxylation is 1. The van der Waals surface area contributed by atoms with E-state index < -0.39 is 12.1 Å². The Morgan fingerprint density at radius 2 is 2.11 bits per heavy atom. The number of nitriles is 1. The number of halogens is 3. The summed E-state index contributed by atoms with van der Waals surface area (Å²) in [7, 11) is 0. The van der Waals surface area contributed by atoms with E-state index in [2.05, 4.69) is 0 Å². The third kappa shape index (κ3) is 2.42. The van der Waals surface area contributed by atoms with Crippen molar-refractivity contribution in [3.05, 3.63) is 29.3 Å². The molecule has 0 aliphatic carbocycles. The molecule has 0 aromatic heterocycles. The van der Waals surface area contributed by atoms with Gasteiger partial charge in [0.05, 0.1) is 17.2 Å². The molecule has 5 heteroatoms. The highest BCUT2D eigenvalue weighted by Crippen LogP contribution is 2.36. The van der Waals surface area contributed by atoms with Gasteiger partial charge in [-0.3, -0.25) is 0 Å². The van der Waals surface area contributed by atoms with Crippen molar-refractivity contribution in [1.82, 2.24) is 0 Å². The maximum Gasteiger partial charge on any atom is 0.393 e. The van der Waals surface area contributed by atoms with Crippen LogP contribution < -0.4 is 4.90 Å². The molecular formula is C13H13F3N2. The molecular weight excluding hydrogens is 241 g/mol. The van der Waals surface area contributed by atoms with Crippen LogP contribution in [0.15, 0.2) is 18.2 Å². The molecule has 1 aromatic carbocycles. The summed E-state index contributed by atoms with van der Waals surface area (Å²) in [5, 5.41) is 9.00. The van der Waals surface area contributed by atoms with Crippen LogP contribution in [0.5, 0.6) is 0 Å². The highest BCUT2D eigenvalue weighted by atomic mass is 19.4. The van der Waals surface area contributed by atoms with Crippen LogP contribution in [0, 0.1) is 24.2 Å². The molecule has 1 heterocycles. The first-order chi connectivity index (χ1) is 8.41. The zero-order chi connectivity index (χ0) is 13.3. The molecule has 1 aliphatic rings. The van der Waals surface area contributed by atoms with Gasteiger partial charge in [0.2, 0.25) is 0 Å². The SMILES string of the molecule is Cc1ccc(C#N)c(N2CCC(C(F)(F)F)C2)c1. The molecule has 1 aliphatic heterocycles. The Labute approximate surface area is 104 Å². The number of benzene rings is 1. The second kappa shape index (κ2) is 4.52. The van der Waals surface area contributed by atoms with Gasteiger partial charge in [0, 0.05) is 13.1 Å². The first kappa shape index (κ1) is 12.7. The largest absolute Gasteiger partial charge is 0.393 e. The van der Waals surface area contributed by atoms with Crippen molar-refractivity contribution in [3.8, 4) is 6.07 Å². The maximum absolute atomic E-state index is 12.6. The molecule has 2 rings (SSSR count). The summed E-state index contributed by atoms with van der Waals surface area (Å²) in [6.07, 6.45) is -4.05. The molecule has 0 N–H and O–H groups in total. The monoisotopic (exact) mass is 254 g/mol. The summed E-state index contributed by atoms with van der Waals surface area (Å²) in [5.74, 6) is -1.29. The number of rotatable bonds is 1. The van der Waals surface area contributed by atoms with Crippen LogP contribution in [0.25, 0.3) is 0 Å². The van der Waals surface area contributed by atoms with E-state index in [9.17, 15) is 13.2 Å². The number of anilines is 1. The first-order valence-corrected chi connectivity index (χ1v) is 5.74. The zero-order valence-electron chi connectivity index (χ0n) is 9.96. The van der Waals surface area contributed by atoms with Crippen molar-refractivity contribution < 1.29 is 13.2 Å². The lowest BCUT2D eigenvalue weighted by atomic mass is 10.1. The van der Waals surface area contributed by atoms with Crippen molar-refractivity contribution in [2.75, 3.05) is 18.0 Å². The number of nitrogens with zero attached hydrogens (tertiary/aromatic N) is 2. The zero-order valence-corrected chi connectivity index (χ0v) is 9.96. The minimum Gasteiger partial charge on any atom is -0.370 e. The van der Waals surface area contributed by atoms with E-state index in [1.165, 1.54) is 0 Å². The molecule has 0 saturated carbocycles. The van der Waals surface area contributed by atoms with Gasteiger partial charge < -0.3 is 4.90 Å². The minimum absolute atomic E-state index is 0.0539. The summed E-state index contributed by atoms with van der Waals surface area (Å²) in [5.41, 5.74) is 1.99. The Bertz CT molecular complexity index is 488. The van der Waals surface area contributed by atoms with E-state index in [-0.39, 0.29) is 13.0 Å². The molecule has 2 nitrogen and oxygen atoms in total. The standard InChI is InChI=1S/C13H13F3N2/c1-9-2-3-10(7-17)12(6-9)18-5-4-11(8-18)13(14,15)16/h2-3,6,11H,4-5,8H2,1H3. The Morgan fingerprint density at radius 1 is 1.39 bits per heavy atom. The molecule has 0 radical (unpaired) electrons. The van der Waals surface area contributed by atoms with Gasteiger partial charge in [-0.1, -0.05) is 6.07 Å². The van der Waals surface area contributed by atoms with Gasteiger partial charge in [-0.2, -0.15) is 18.4 Å². The fourth-order valence-electron chi connectivity index (χ4n) is 2.24. The Balaban J connectivity index is 2.25. The van der Waals surface area contributed by atoms with Gasteiger partial charge in [-0.05, 0) is 31.0 Å². The average molecular weight is 254 g/mol. The second-order valence-electron chi connectivity index (χ2n) is 4.61. The van der Waals surface area contributed by atoms with Crippen LogP contribution in [-0.2, 0) is 0 Å². The summed E-state index contributed by atoms with van der Waals surface area (Å²) < 4.78 is 37.9. The molecule has 1 fully saturated rings. The normalized spacial score (nSPS) is 19.9. The van der Waals surface area contributed by atoms with Crippen molar-refractivity contribution in [2.45, 2.75) is 19.5 Å². The van der Waals surface area contributed by atoms with Crippen LogP contribution >= 0.6 is 0 Å². The van der Waals surface area contributed by atoms with Crippen LogP contribution in [0.4, 0.5) is 18.9 Å². The molecule has 1 saturated heterocycles. The first-order valence-electron chi connectivity index (χ1n) is 5.74. The smallest absolute Gasteiger partial charge is 0.370 e. The number of hydrogen-bond acceptors (Lipinski definition) is 2. The van der Waals surface area contributed by atoms with E-state index >= 15 is 0 Å². The van der Waals surface area contributed by atoms with Gasteiger partial charge >= 0.3 is 6.18 Å². The molecule has 0 spiro atoms. The van der Waals surface area contributed by atoms with Crippen molar-refractivity contribution >= 4 is 5.69 Å². The van der Waals surface area contributed by atoms with Crippen molar-refractivity contribution in [3.63, 3.8) is 0 Å². The molecule has 1 unspecified atom stereocenters. The Morgan fingerprint density at radius 3 is 2.67 bits per heavy atom. The molecule has 0 amide bonds. The number of alkyl halides is 3. The third-order valence-electron chi connectivity index (χ3n) is 3.27. The molecule has 18 heavy (non-hydrogen) atoms. The van der Waals surface area contributed by atoms with E-state index in [0.29, 0.717) is 17.8 Å². The lowest BCUT2D eigenvalue weighted by Gasteiger charge is -2.21. The third-order valence-corrected chi connectivity index (χ3v) is 3.27. The van der Waals surface area contributed by atoms with Crippen LogP contribution in [0.3, 0.4) is 0 Å². The Kier molecular flexibility index (Phi) is 3.20. The predicted molar refractivity (Wildman–Crippen MR) is 62.3 cm³/mol. The second-order valence-corrected chi connectivity index (χ2v) is 4.61. The van der Waals surface area contributed by atoms with Crippen LogP contribution in [-0.4, -0.2) is 19.3 Å². The summed E-state index contributed by atoms with van der Waals surface area (Å²) >= 11 is 0. The van der Waals surface area contributed by atoms with Crippen LogP contribution in [0.1, 0.15) is 17.5 Å². The van der Waals surface area contributed by atoms with Gasteiger partial charge in [0.25, 0.3) is 0 Å².